The maximum Gasteiger partial charge on any atom is 0.0587 e. The fourth-order valence-corrected chi connectivity index (χ4v) is 0.753. The van der Waals surface area contributed by atoms with Crippen LogP contribution in [0.1, 0.15) is 20.8 Å². The molecule has 0 aromatic rings. The van der Waals surface area contributed by atoms with Crippen LogP contribution in [0.25, 0.3) is 0 Å². The minimum Gasteiger partial charge on any atom is -0.257 e. The van der Waals surface area contributed by atoms with Crippen molar-refractivity contribution in [1.29, 1.82) is 0 Å². The highest BCUT2D eigenvalue weighted by atomic mass is 14.7. The van der Waals surface area contributed by atoms with Gasteiger partial charge >= 0.3 is 0 Å². The third kappa shape index (κ3) is 4.96. The van der Waals surface area contributed by atoms with Crippen molar-refractivity contribution in [2.45, 2.75) is 20.8 Å². The van der Waals surface area contributed by atoms with E-state index >= 15 is 0 Å². The molecule has 0 rings (SSSR count). The average Bonchev–Trinajstić information content (AvgIpc) is 2.13. The van der Waals surface area contributed by atoms with Crippen LogP contribution in [0, 0.1) is 0 Å². The highest BCUT2D eigenvalue weighted by Gasteiger charge is 1.92. The van der Waals surface area contributed by atoms with E-state index in [0.717, 1.165) is 11.3 Å². The van der Waals surface area contributed by atoms with E-state index in [9.17, 15) is 0 Å². The van der Waals surface area contributed by atoms with Crippen molar-refractivity contribution in [3.05, 3.63) is 48.2 Å². The quantitative estimate of drug-likeness (QED) is 0.456. The van der Waals surface area contributed by atoms with Crippen LogP contribution in [-0.4, -0.2) is 6.21 Å². The molecule has 0 unspecified atom stereocenters. The van der Waals surface area contributed by atoms with Gasteiger partial charge in [0.1, 0.15) is 0 Å². The standard InChI is InChI=1S/C12H17N/c1-6-8-13-12(5)11(4)9-10(3)7-2/h6-9H,1,5H2,2-4H3/b10-7-,11-9-,13-8?. The molecular formula is C12H17N. The molecule has 0 N–H and O–H groups in total. The van der Waals surface area contributed by atoms with Gasteiger partial charge < -0.3 is 0 Å². The van der Waals surface area contributed by atoms with Gasteiger partial charge in [0, 0.05) is 6.21 Å². The maximum atomic E-state index is 4.10. The minimum atomic E-state index is 0.779. The number of rotatable bonds is 4. The van der Waals surface area contributed by atoms with Crippen LogP contribution < -0.4 is 0 Å². The highest BCUT2D eigenvalue weighted by molar-refractivity contribution is 5.71. The lowest BCUT2D eigenvalue weighted by Gasteiger charge is -1.99. The van der Waals surface area contributed by atoms with Crippen molar-refractivity contribution >= 4 is 6.21 Å². The molecule has 0 atom stereocenters. The van der Waals surface area contributed by atoms with Gasteiger partial charge in [-0.05, 0) is 26.3 Å². The number of allylic oxidation sites excluding steroid dienone is 5. The van der Waals surface area contributed by atoms with E-state index in [-0.39, 0.29) is 0 Å². The lowest BCUT2D eigenvalue weighted by Crippen LogP contribution is -1.81. The Bertz CT molecular complexity index is 277. The van der Waals surface area contributed by atoms with E-state index in [4.69, 9.17) is 0 Å². The van der Waals surface area contributed by atoms with Crippen LogP contribution in [-0.2, 0) is 0 Å². The summed E-state index contributed by atoms with van der Waals surface area (Å²) in [5, 5.41) is 0. The summed E-state index contributed by atoms with van der Waals surface area (Å²) in [7, 11) is 0. The summed E-state index contributed by atoms with van der Waals surface area (Å²) in [5.41, 5.74) is 3.07. The number of aliphatic imine (C=N–C) groups is 1. The number of nitrogens with zero attached hydrogens (tertiary/aromatic N) is 1. The fourth-order valence-electron chi connectivity index (χ4n) is 0.753. The Morgan fingerprint density at radius 2 is 1.92 bits per heavy atom. The summed E-state index contributed by atoms with van der Waals surface area (Å²) in [5.74, 6) is 0. The lowest BCUT2D eigenvalue weighted by atomic mass is 10.1. The highest BCUT2D eigenvalue weighted by Crippen LogP contribution is 2.10. The number of hydrogen-bond acceptors (Lipinski definition) is 1. The van der Waals surface area contributed by atoms with Crippen LogP contribution in [0.5, 0.6) is 0 Å². The third-order valence-electron chi connectivity index (χ3n) is 1.69. The van der Waals surface area contributed by atoms with E-state index in [2.05, 4.69) is 24.2 Å². The van der Waals surface area contributed by atoms with Gasteiger partial charge in [-0.15, -0.1) is 0 Å². The molecule has 0 heterocycles. The average molecular weight is 175 g/mol. The number of hydrogen-bond donors (Lipinski definition) is 0. The van der Waals surface area contributed by atoms with E-state index in [0.29, 0.717) is 0 Å². The van der Waals surface area contributed by atoms with Gasteiger partial charge in [-0.25, -0.2) is 0 Å². The Kier molecular flexibility index (Phi) is 5.53. The second-order valence-corrected chi connectivity index (χ2v) is 2.82. The van der Waals surface area contributed by atoms with Gasteiger partial charge in [-0.1, -0.05) is 37.0 Å². The van der Waals surface area contributed by atoms with E-state index in [1.54, 1.807) is 12.3 Å². The first-order chi connectivity index (χ1) is 6.11. The molecule has 0 bridgehead atoms. The van der Waals surface area contributed by atoms with E-state index in [1.807, 2.05) is 26.8 Å². The second-order valence-electron chi connectivity index (χ2n) is 2.82. The summed E-state index contributed by atoms with van der Waals surface area (Å²) < 4.78 is 0. The topological polar surface area (TPSA) is 12.4 Å². The summed E-state index contributed by atoms with van der Waals surface area (Å²) in [6.45, 7) is 13.4. The zero-order chi connectivity index (χ0) is 10.3. The normalized spacial score (nSPS) is 13.5. The maximum absolute atomic E-state index is 4.10. The smallest absolute Gasteiger partial charge is 0.0587 e. The Balaban J connectivity index is 4.51. The lowest BCUT2D eigenvalue weighted by molar-refractivity contribution is 1.29. The van der Waals surface area contributed by atoms with Gasteiger partial charge in [0.15, 0.2) is 0 Å². The van der Waals surface area contributed by atoms with Crippen LogP contribution in [0.2, 0.25) is 0 Å². The van der Waals surface area contributed by atoms with Gasteiger partial charge in [0.05, 0.1) is 5.70 Å². The third-order valence-corrected chi connectivity index (χ3v) is 1.69. The van der Waals surface area contributed by atoms with Gasteiger partial charge in [0.2, 0.25) is 0 Å². The molecule has 0 saturated carbocycles. The van der Waals surface area contributed by atoms with Crippen molar-refractivity contribution in [3.63, 3.8) is 0 Å². The predicted molar refractivity (Wildman–Crippen MR) is 61.0 cm³/mol. The molecule has 0 aromatic carbocycles. The van der Waals surface area contributed by atoms with Crippen molar-refractivity contribution in [2.24, 2.45) is 4.99 Å². The Morgan fingerprint density at radius 3 is 2.38 bits per heavy atom. The van der Waals surface area contributed by atoms with Crippen molar-refractivity contribution in [3.8, 4) is 0 Å². The van der Waals surface area contributed by atoms with Crippen molar-refractivity contribution in [2.75, 3.05) is 0 Å². The Morgan fingerprint density at radius 1 is 1.31 bits per heavy atom. The van der Waals surface area contributed by atoms with Gasteiger partial charge in [-0.3, -0.25) is 4.99 Å². The molecular weight excluding hydrogens is 158 g/mol. The zero-order valence-electron chi connectivity index (χ0n) is 8.67. The molecule has 0 saturated heterocycles. The molecule has 0 spiro atoms. The molecule has 1 heteroatoms. The molecule has 0 radical (unpaired) electrons. The van der Waals surface area contributed by atoms with Crippen LogP contribution in [0.3, 0.4) is 0 Å². The first-order valence-electron chi connectivity index (χ1n) is 4.27. The minimum absolute atomic E-state index is 0.779. The molecule has 0 aliphatic heterocycles. The Hall–Kier alpha value is -1.37. The second kappa shape index (κ2) is 6.18. The van der Waals surface area contributed by atoms with E-state index < -0.39 is 0 Å². The zero-order valence-corrected chi connectivity index (χ0v) is 8.67. The SMILES string of the molecule is C=CC=NC(=C)/C(C)=C\C(C)=C/C. The molecule has 0 amide bonds. The fraction of sp³-hybridized carbons (Fsp3) is 0.250. The van der Waals surface area contributed by atoms with Gasteiger partial charge in [-0.2, -0.15) is 0 Å². The first-order valence-corrected chi connectivity index (χ1v) is 4.27. The monoisotopic (exact) mass is 175 g/mol. The molecule has 13 heavy (non-hydrogen) atoms. The van der Waals surface area contributed by atoms with Crippen molar-refractivity contribution in [1.82, 2.24) is 0 Å². The van der Waals surface area contributed by atoms with Crippen LogP contribution in [0.4, 0.5) is 0 Å². The summed E-state index contributed by atoms with van der Waals surface area (Å²) in [4.78, 5) is 4.10. The first kappa shape index (κ1) is 11.6. The summed E-state index contributed by atoms with van der Waals surface area (Å²) in [6, 6.07) is 0. The molecule has 0 aliphatic rings. The molecule has 0 fully saturated rings. The summed E-state index contributed by atoms with van der Waals surface area (Å²) >= 11 is 0. The Labute approximate surface area is 80.9 Å². The van der Waals surface area contributed by atoms with Crippen LogP contribution >= 0.6 is 0 Å². The predicted octanol–water partition coefficient (Wildman–Crippen LogP) is 3.67. The van der Waals surface area contributed by atoms with Gasteiger partial charge in [0.25, 0.3) is 0 Å². The summed E-state index contributed by atoms with van der Waals surface area (Å²) in [6.07, 6.45) is 7.39. The molecule has 1 nitrogen and oxygen atoms in total. The largest absolute Gasteiger partial charge is 0.257 e. The van der Waals surface area contributed by atoms with Crippen LogP contribution in [0.15, 0.2) is 53.2 Å². The molecule has 0 aliphatic carbocycles. The molecule has 70 valence electrons. The molecule has 0 aromatic heterocycles. The van der Waals surface area contributed by atoms with Crippen molar-refractivity contribution < 1.29 is 0 Å². The van der Waals surface area contributed by atoms with E-state index in [1.165, 1.54) is 5.57 Å².